The third kappa shape index (κ3) is 3.92. The van der Waals surface area contributed by atoms with Crippen LogP contribution in [0.3, 0.4) is 0 Å². The third-order valence-electron chi connectivity index (χ3n) is 7.13. The molecule has 38 heavy (non-hydrogen) atoms. The van der Waals surface area contributed by atoms with Gasteiger partial charge in [-0.1, -0.05) is 78.9 Å². The molecule has 0 spiro atoms. The molecule has 194 valence electrons. The molecule has 2 N–H and O–H groups in total. The van der Waals surface area contributed by atoms with Crippen LogP contribution in [0.5, 0.6) is 17.2 Å². The number of carbonyl (C=O) groups is 1. The number of rotatable bonds is 8. The second kappa shape index (κ2) is 10.5. The van der Waals surface area contributed by atoms with Crippen molar-refractivity contribution in [3.8, 4) is 17.2 Å². The SMILES string of the molecule is COc1ccccc1C1NC(c2ccccc2)N(c2ccccc2OC)C1(C(=O)O)c1ccccc1OC. The molecule has 4 aromatic carbocycles. The van der Waals surface area contributed by atoms with E-state index in [9.17, 15) is 9.90 Å². The maximum atomic E-state index is 13.9. The molecule has 3 atom stereocenters. The summed E-state index contributed by atoms with van der Waals surface area (Å²) >= 11 is 0. The first-order valence-corrected chi connectivity index (χ1v) is 12.3. The molecule has 1 aliphatic heterocycles. The number of aliphatic carboxylic acids is 1. The second-order valence-electron chi connectivity index (χ2n) is 8.97. The largest absolute Gasteiger partial charge is 0.496 e. The van der Waals surface area contributed by atoms with Crippen LogP contribution in [0.1, 0.15) is 28.9 Å². The van der Waals surface area contributed by atoms with Gasteiger partial charge in [-0.25, -0.2) is 4.79 Å². The minimum atomic E-state index is -1.67. The van der Waals surface area contributed by atoms with Crippen molar-refractivity contribution in [2.75, 3.05) is 26.2 Å². The van der Waals surface area contributed by atoms with Crippen molar-refractivity contribution < 1.29 is 24.1 Å². The standard InChI is InChI=1S/C31H30N2O5/c1-36-25-18-10-7-15-22(25)28-31(30(34)35,23-16-8-11-19-26(23)37-2)33(24-17-9-12-20-27(24)38-3)29(32-28)21-13-5-4-6-14-21/h4-20,28-29,32H,1-3H3,(H,34,35). The third-order valence-corrected chi connectivity index (χ3v) is 7.13. The van der Waals surface area contributed by atoms with Gasteiger partial charge in [0.05, 0.1) is 33.1 Å². The molecule has 1 aliphatic rings. The van der Waals surface area contributed by atoms with E-state index in [2.05, 4.69) is 5.32 Å². The zero-order valence-electron chi connectivity index (χ0n) is 21.5. The zero-order valence-corrected chi connectivity index (χ0v) is 21.5. The molecule has 0 amide bonds. The number of nitrogens with one attached hydrogen (secondary N) is 1. The minimum absolute atomic E-state index is 0.463. The van der Waals surface area contributed by atoms with Gasteiger partial charge in [-0.2, -0.15) is 0 Å². The molecule has 1 fully saturated rings. The van der Waals surface area contributed by atoms with Gasteiger partial charge in [0.1, 0.15) is 23.4 Å². The Morgan fingerprint density at radius 3 is 1.95 bits per heavy atom. The Kier molecular flexibility index (Phi) is 6.94. The summed E-state index contributed by atoms with van der Waals surface area (Å²) in [7, 11) is 4.73. The number of methoxy groups -OCH3 is 3. The molecule has 0 aromatic heterocycles. The van der Waals surface area contributed by atoms with Crippen LogP contribution in [0.4, 0.5) is 5.69 Å². The van der Waals surface area contributed by atoms with E-state index < -0.39 is 23.7 Å². The van der Waals surface area contributed by atoms with Gasteiger partial charge in [0.15, 0.2) is 5.54 Å². The lowest BCUT2D eigenvalue weighted by Gasteiger charge is -2.42. The number of ether oxygens (including phenoxy) is 3. The van der Waals surface area contributed by atoms with Gasteiger partial charge in [0, 0.05) is 11.1 Å². The van der Waals surface area contributed by atoms with Crippen molar-refractivity contribution >= 4 is 11.7 Å². The minimum Gasteiger partial charge on any atom is -0.496 e. The monoisotopic (exact) mass is 510 g/mol. The first-order chi connectivity index (χ1) is 18.6. The van der Waals surface area contributed by atoms with E-state index in [1.165, 1.54) is 0 Å². The van der Waals surface area contributed by atoms with E-state index in [0.29, 0.717) is 34.1 Å². The quantitative estimate of drug-likeness (QED) is 0.322. The molecule has 3 unspecified atom stereocenters. The highest BCUT2D eigenvalue weighted by atomic mass is 16.5. The summed E-state index contributed by atoms with van der Waals surface area (Å²) in [6.07, 6.45) is -0.538. The molecule has 0 aliphatic carbocycles. The molecule has 7 nitrogen and oxygen atoms in total. The topological polar surface area (TPSA) is 80.3 Å². The van der Waals surface area contributed by atoms with Crippen LogP contribution >= 0.6 is 0 Å². The predicted molar refractivity (Wildman–Crippen MR) is 146 cm³/mol. The number of benzene rings is 4. The lowest BCUT2D eigenvalue weighted by atomic mass is 9.78. The average Bonchev–Trinajstić information content (AvgIpc) is 3.34. The van der Waals surface area contributed by atoms with E-state index in [1.54, 1.807) is 27.4 Å². The highest BCUT2D eigenvalue weighted by molar-refractivity contribution is 5.90. The molecule has 4 aromatic rings. The Labute approximate surface area is 222 Å². The summed E-state index contributed by atoms with van der Waals surface area (Å²) in [5.74, 6) is 0.551. The number of carboxylic acid groups (broad SMARTS) is 1. The molecule has 1 heterocycles. The fourth-order valence-corrected chi connectivity index (χ4v) is 5.54. The highest BCUT2D eigenvalue weighted by Gasteiger charge is 2.62. The second-order valence-corrected chi connectivity index (χ2v) is 8.97. The van der Waals surface area contributed by atoms with Gasteiger partial charge in [-0.15, -0.1) is 0 Å². The van der Waals surface area contributed by atoms with Gasteiger partial charge >= 0.3 is 5.97 Å². The fraction of sp³-hybridized carbons (Fsp3) is 0.194. The van der Waals surface area contributed by atoms with E-state index in [0.717, 1.165) is 5.56 Å². The molecule has 5 rings (SSSR count). The van der Waals surface area contributed by atoms with Crippen molar-refractivity contribution in [1.29, 1.82) is 0 Å². The summed E-state index contributed by atoms with van der Waals surface area (Å²) in [5.41, 5.74) is 1.07. The van der Waals surface area contributed by atoms with Crippen molar-refractivity contribution in [2.45, 2.75) is 17.7 Å². The Morgan fingerprint density at radius 1 is 0.737 bits per heavy atom. The first-order valence-electron chi connectivity index (χ1n) is 12.3. The molecule has 0 radical (unpaired) electrons. The van der Waals surface area contributed by atoms with Crippen LogP contribution in [0.2, 0.25) is 0 Å². The molecular weight excluding hydrogens is 480 g/mol. The maximum absolute atomic E-state index is 13.9. The number of hydrogen-bond donors (Lipinski definition) is 2. The highest BCUT2D eigenvalue weighted by Crippen LogP contribution is 2.57. The van der Waals surface area contributed by atoms with E-state index in [-0.39, 0.29) is 0 Å². The number of carboxylic acids is 1. The number of nitrogens with zero attached hydrogens (tertiary/aromatic N) is 1. The lowest BCUT2D eigenvalue weighted by Crippen LogP contribution is -2.52. The van der Waals surface area contributed by atoms with Gasteiger partial charge in [-0.05, 0) is 29.8 Å². The van der Waals surface area contributed by atoms with Gasteiger partial charge < -0.3 is 24.2 Å². The average molecular weight is 511 g/mol. The van der Waals surface area contributed by atoms with Crippen molar-refractivity contribution in [3.63, 3.8) is 0 Å². The normalized spacial score (nSPS) is 20.7. The van der Waals surface area contributed by atoms with E-state index in [1.807, 2.05) is 102 Å². The Bertz CT molecular complexity index is 1430. The van der Waals surface area contributed by atoms with Crippen LogP contribution < -0.4 is 24.4 Å². The summed E-state index contributed by atoms with van der Waals surface area (Å²) < 4.78 is 17.3. The Balaban J connectivity index is 1.92. The molecule has 7 heteroatoms. The molecule has 0 bridgehead atoms. The van der Waals surface area contributed by atoms with Crippen LogP contribution in [0.15, 0.2) is 103 Å². The van der Waals surface area contributed by atoms with Crippen molar-refractivity contribution in [2.24, 2.45) is 0 Å². The van der Waals surface area contributed by atoms with E-state index in [4.69, 9.17) is 14.2 Å². The van der Waals surface area contributed by atoms with Crippen LogP contribution in [-0.2, 0) is 10.3 Å². The Hall–Kier alpha value is -4.49. The van der Waals surface area contributed by atoms with Crippen molar-refractivity contribution in [1.82, 2.24) is 5.32 Å². The Morgan fingerprint density at radius 2 is 1.29 bits per heavy atom. The molecule has 0 saturated carbocycles. The molecule has 1 saturated heterocycles. The van der Waals surface area contributed by atoms with Gasteiger partial charge in [-0.3, -0.25) is 5.32 Å². The summed E-state index contributed by atoms with van der Waals surface area (Å²) in [6.45, 7) is 0. The lowest BCUT2D eigenvalue weighted by molar-refractivity contribution is -0.144. The summed E-state index contributed by atoms with van der Waals surface area (Å²) in [6, 6.07) is 31.3. The smallest absolute Gasteiger partial charge is 0.336 e. The van der Waals surface area contributed by atoms with Crippen LogP contribution in [-0.4, -0.2) is 32.4 Å². The fourth-order valence-electron chi connectivity index (χ4n) is 5.54. The van der Waals surface area contributed by atoms with Crippen LogP contribution in [0.25, 0.3) is 0 Å². The maximum Gasteiger partial charge on any atom is 0.336 e. The first kappa shape index (κ1) is 25.2. The molecular formula is C31H30N2O5. The van der Waals surface area contributed by atoms with Gasteiger partial charge in [0.2, 0.25) is 0 Å². The number of anilines is 1. The van der Waals surface area contributed by atoms with Crippen molar-refractivity contribution in [3.05, 3.63) is 120 Å². The van der Waals surface area contributed by atoms with E-state index >= 15 is 0 Å². The summed E-state index contributed by atoms with van der Waals surface area (Å²) in [5, 5.41) is 15.0. The van der Waals surface area contributed by atoms with Gasteiger partial charge in [0.25, 0.3) is 0 Å². The number of para-hydroxylation sites is 4. The predicted octanol–water partition coefficient (Wildman–Crippen LogP) is 5.54. The van der Waals surface area contributed by atoms with Crippen LogP contribution in [0, 0.1) is 0 Å². The number of hydrogen-bond acceptors (Lipinski definition) is 6. The summed E-state index contributed by atoms with van der Waals surface area (Å²) in [4.78, 5) is 15.8. The zero-order chi connectivity index (χ0) is 26.7.